The minimum atomic E-state index is 0.221. The van der Waals surface area contributed by atoms with Gasteiger partial charge in [0.1, 0.15) is 18.1 Å². The lowest BCUT2D eigenvalue weighted by Gasteiger charge is -2.35. The lowest BCUT2D eigenvalue weighted by atomic mass is 10.1. The van der Waals surface area contributed by atoms with Crippen molar-refractivity contribution in [2.75, 3.05) is 20.1 Å². The van der Waals surface area contributed by atoms with E-state index >= 15 is 0 Å². The van der Waals surface area contributed by atoms with Crippen molar-refractivity contribution >= 4 is 6.29 Å². The Balaban J connectivity index is 1.81. The van der Waals surface area contributed by atoms with Gasteiger partial charge in [-0.15, -0.1) is 0 Å². The third-order valence-corrected chi connectivity index (χ3v) is 3.28. The maximum atomic E-state index is 10.8. The van der Waals surface area contributed by atoms with Gasteiger partial charge in [0.2, 0.25) is 0 Å². The summed E-state index contributed by atoms with van der Waals surface area (Å²) in [5.41, 5.74) is 2.19. The summed E-state index contributed by atoms with van der Waals surface area (Å²) in [6.07, 6.45) is 2.66. The number of aldehydes is 1. The highest BCUT2D eigenvalue weighted by Gasteiger charge is 2.25. The summed E-state index contributed by atoms with van der Waals surface area (Å²) in [6.45, 7) is 1.86. The first-order valence-corrected chi connectivity index (χ1v) is 6.48. The van der Waals surface area contributed by atoms with Crippen LogP contribution in [0.1, 0.15) is 10.4 Å². The van der Waals surface area contributed by atoms with Crippen LogP contribution < -0.4 is 4.74 Å². The Morgan fingerprint density at radius 1 is 1.35 bits per heavy atom. The van der Waals surface area contributed by atoms with E-state index in [1.165, 1.54) is 0 Å². The summed E-state index contributed by atoms with van der Waals surface area (Å²) in [5.74, 6) is 0.713. The number of likely N-dealkylation sites (N-methyl/N-ethyl adjacent to an activating group) is 1. The van der Waals surface area contributed by atoms with E-state index in [1.807, 2.05) is 18.2 Å². The second-order valence-electron chi connectivity index (χ2n) is 4.98. The molecule has 5 nitrogen and oxygen atoms in total. The molecule has 0 amide bonds. The van der Waals surface area contributed by atoms with Crippen molar-refractivity contribution in [1.82, 2.24) is 15.1 Å². The summed E-state index contributed by atoms with van der Waals surface area (Å²) in [6, 6.07) is 9.13. The summed E-state index contributed by atoms with van der Waals surface area (Å²) >= 11 is 0. The van der Waals surface area contributed by atoms with Crippen LogP contribution in [0.3, 0.4) is 0 Å². The van der Waals surface area contributed by atoms with Gasteiger partial charge in [0.05, 0.1) is 11.9 Å². The molecule has 1 aliphatic rings. The molecule has 0 spiro atoms. The lowest BCUT2D eigenvalue weighted by Crippen LogP contribution is -2.51. The smallest absolute Gasteiger partial charge is 0.150 e. The number of hydrogen-bond donors (Lipinski definition) is 0. The monoisotopic (exact) mass is 269 g/mol. The maximum absolute atomic E-state index is 10.8. The molecule has 0 radical (unpaired) electrons. The predicted octanol–water partition coefficient (Wildman–Crippen LogP) is 1.65. The van der Waals surface area contributed by atoms with E-state index in [0.29, 0.717) is 17.0 Å². The van der Waals surface area contributed by atoms with Crippen LogP contribution in [-0.2, 0) is 0 Å². The highest BCUT2D eigenvalue weighted by Crippen LogP contribution is 2.23. The van der Waals surface area contributed by atoms with Crippen LogP contribution in [-0.4, -0.2) is 47.6 Å². The average molecular weight is 269 g/mol. The Labute approximate surface area is 117 Å². The quantitative estimate of drug-likeness (QED) is 0.790. The Morgan fingerprint density at radius 2 is 2.20 bits per heavy atom. The number of rotatable bonds is 4. The second-order valence-corrected chi connectivity index (χ2v) is 4.98. The minimum absolute atomic E-state index is 0.221. The van der Waals surface area contributed by atoms with E-state index in [4.69, 9.17) is 4.74 Å². The van der Waals surface area contributed by atoms with Crippen LogP contribution in [0.15, 0.2) is 36.5 Å². The zero-order valence-electron chi connectivity index (χ0n) is 11.2. The van der Waals surface area contributed by atoms with E-state index in [1.54, 1.807) is 18.3 Å². The fraction of sp³-hybridized carbons (Fsp3) is 0.267. The molecule has 102 valence electrons. The molecule has 0 unspecified atom stereocenters. The number of aromatic nitrogens is 2. The largest absolute Gasteiger partial charge is 0.486 e. The van der Waals surface area contributed by atoms with Gasteiger partial charge in [0.15, 0.2) is 0 Å². The first-order chi connectivity index (χ1) is 9.74. The molecular formula is C15H15N3O2. The van der Waals surface area contributed by atoms with Crippen molar-refractivity contribution in [3.8, 4) is 17.0 Å². The van der Waals surface area contributed by atoms with E-state index in [-0.39, 0.29) is 6.10 Å². The molecule has 1 aliphatic heterocycles. The Kier molecular flexibility index (Phi) is 3.43. The molecule has 3 rings (SSSR count). The number of hydrogen-bond acceptors (Lipinski definition) is 5. The van der Waals surface area contributed by atoms with Gasteiger partial charge in [-0.1, -0.05) is 18.2 Å². The maximum Gasteiger partial charge on any atom is 0.150 e. The van der Waals surface area contributed by atoms with Gasteiger partial charge < -0.3 is 4.74 Å². The second kappa shape index (κ2) is 5.38. The Bertz CT molecular complexity index is 624. The summed E-state index contributed by atoms with van der Waals surface area (Å²) < 4.78 is 5.83. The number of nitrogens with zero attached hydrogens (tertiary/aromatic N) is 3. The molecule has 2 aromatic rings. The van der Waals surface area contributed by atoms with Crippen molar-refractivity contribution in [2.45, 2.75) is 6.10 Å². The predicted molar refractivity (Wildman–Crippen MR) is 74.8 cm³/mol. The third-order valence-electron chi connectivity index (χ3n) is 3.28. The van der Waals surface area contributed by atoms with Crippen molar-refractivity contribution in [2.24, 2.45) is 0 Å². The normalized spacial score (nSPS) is 15.7. The first kappa shape index (κ1) is 12.7. The minimum Gasteiger partial charge on any atom is -0.486 e. The molecule has 0 saturated carbocycles. The van der Waals surface area contributed by atoms with Gasteiger partial charge >= 0.3 is 0 Å². The summed E-state index contributed by atoms with van der Waals surface area (Å²) in [4.78, 5) is 13.0. The van der Waals surface area contributed by atoms with Crippen molar-refractivity contribution < 1.29 is 9.53 Å². The Hall–Kier alpha value is -2.27. The molecule has 0 N–H and O–H groups in total. The number of ether oxygens (including phenoxy) is 1. The van der Waals surface area contributed by atoms with Gasteiger partial charge in [-0.25, -0.2) is 0 Å². The molecule has 0 aliphatic carbocycles. The summed E-state index contributed by atoms with van der Waals surface area (Å²) in [7, 11) is 2.06. The molecule has 1 saturated heterocycles. The van der Waals surface area contributed by atoms with Crippen LogP contribution in [0.2, 0.25) is 0 Å². The van der Waals surface area contributed by atoms with E-state index in [0.717, 1.165) is 24.9 Å². The molecule has 20 heavy (non-hydrogen) atoms. The van der Waals surface area contributed by atoms with Gasteiger partial charge in [0.25, 0.3) is 0 Å². The van der Waals surface area contributed by atoms with Crippen LogP contribution in [0.5, 0.6) is 5.75 Å². The highest BCUT2D eigenvalue weighted by molar-refractivity contribution is 5.78. The molecule has 1 fully saturated rings. The Morgan fingerprint density at radius 3 is 2.95 bits per heavy atom. The number of benzene rings is 1. The SMILES string of the molecule is CN1CC(Oc2cnnc(-c3cccc(C=O)c3)c2)C1. The fourth-order valence-corrected chi connectivity index (χ4v) is 2.23. The van der Waals surface area contributed by atoms with Crippen LogP contribution in [0, 0.1) is 0 Å². The topological polar surface area (TPSA) is 55.3 Å². The molecule has 1 aromatic carbocycles. The summed E-state index contributed by atoms with van der Waals surface area (Å²) in [5, 5.41) is 8.06. The van der Waals surface area contributed by atoms with Gasteiger partial charge in [-0.3, -0.25) is 9.69 Å². The lowest BCUT2D eigenvalue weighted by molar-refractivity contribution is 0.0385. The van der Waals surface area contributed by atoms with E-state index < -0.39 is 0 Å². The third kappa shape index (κ3) is 2.67. The molecule has 0 atom stereocenters. The number of carbonyl (C=O) groups excluding carboxylic acids is 1. The number of carbonyl (C=O) groups is 1. The van der Waals surface area contributed by atoms with Gasteiger partial charge in [-0.2, -0.15) is 10.2 Å². The van der Waals surface area contributed by atoms with E-state index in [2.05, 4.69) is 22.1 Å². The fourth-order valence-electron chi connectivity index (χ4n) is 2.23. The van der Waals surface area contributed by atoms with E-state index in [9.17, 15) is 4.79 Å². The van der Waals surface area contributed by atoms with Crippen LogP contribution >= 0.6 is 0 Å². The molecule has 1 aromatic heterocycles. The highest BCUT2D eigenvalue weighted by atomic mass is 16.5. The molecule has 5 heteroatoms. The number of likely N-dealkylation sites (tertiary alicyclic amines) is 1. The van der Waals surface area contributed by atoms with Crippen LogP contribution in [0.25, 0.3) is 11.3 Å². The van der Waals surface area contributed by atoms with Crippen molar-refractivity contribution in [1.29, 1.82) is 0 Å². The zero-order chi connectivity index (χ0) is 13.9. The van der Waals surface area contributed by atoms with Gasteiger partial charge in [0, 0.05) is 30.3 Å². The standard InChI is InChI=1S/C15H15N3O2/c1-18-8-14(9-18)20-13-6-15(17-16-7-13)12-4-2-3-11(5-12)10-19/h2-7,10,14H,8-9H2,1H3. The van der Waals surface area contributed by atoms with Crippen LogP contribution in [0.4, 0.5) is 0 Å². The molecule has 2 heterocycles. The van der Waals surface area contributed by atoms with Crippen molar-refractivity contribution in [3.05, 3.63) is 42.1 Å². The average Bonchev–Trinajstić information content (AvgIpc) is 2.46. The van der Waals surface area contributed by atoms with Gasteiger partial charge in [-0.05, 0) is 13.1 Å². The molecular weight excluding hydrogens is 254 g/mol. The first-order valence-electron chi connectivity index (χ1n) is 6.48. The zero-order valence-corrected chi connectivity index (χ0v) is 11.2. The van der Waals surface area contributed by atoms with Crippen molar-refractivity contribution in [3.63, 3.8) is 0 Å². The molecule has 0 bridgehead atoms.